The number of sulfonamides is 1. The molecule has 1 fully saturated rings. The molecule has 29 heavy (non-hydrogen) atoms. The van der Waals surface area contributed by atoms with Crippen molar-refractivity contribution < 1.29 is 22.3 Å². The normalized spacial score (nSPS) is 15.7. The molecular formula is C17H19ClFN5O4S. The van der Waals surface area contributed by atoms with E-state index in [1.54, 1.807) is 6.07 Å². The molecule has 0 spiro atoms. The van der Waals surface area contributed by atoms with Crippen molar-refractivity contribution in [3.63, 3.8) is 0 Å². The topological polar surface area (TPSA) is 114 Å². The fourth-order valence-electron chi connectivity index (χ4n) is 2.88. The molecule has 0 aliphatic carbocycles. The average Bonchev–Trinajstić information content (AvgIpc) is 2.74. The van der Waals surface area contributed by atoms with E-state index >= 15 is 0 Å². The van der Waals surface area contributed by atoms with E-state index in [1.807, 2.05) is 0 Å². The lowest BCUT2D eigenvalue weighted by Gasteiger charge is -2.30. The predicted octanol–water partition coefficient (Wildman–Crippen LogP) is 1.82. The van der Waals surface area contributed by atoms with Crippen LogP contribution in [0.25, 0.3) is 0 Å². The van der Waals surface area contributed by atoms with Gasteiger partial charge in [-0.05, 0) is 31.0 Å². The van der Waals surface area contributed by atoms with Crippen LogP contribution in [-0.2, 0) is 14.8 Å². The number of carbonyl (C=O) groups is 1. The molecule has 3 rings (SSSR count). The van der Waals surface area contributed by atoms with Gasteiger partial charge in [0.25, 0.3) is 0 Å². The van der Waals surface area contributed by atoms with Gasteiger partial charge in [0, 0.05) is 31.3 Å². The number of ether oxygens (including phenoxy) is 1. The van der Waals surface area contributed by atoms with Crippen LogP contribution >= 0.6 is 11.6 Å². The summed E-state index contributed by atoms with van der Waals surface area (Å²) >= 11 is 5.69. The number of hydrogen-bond acceptors (Lipinski definition) is 7. The number of rotatable bonds is 6. The number of benzene rings is 1. The zero-order valence-corrected chi connectivity index (χ0v) is 17.0. The first kappa shape index (κ1) is 21.2. The van der Waals surface area contributed by atoms with Gasteiger partial charge in [0.05, 0.1) is 17.0 Å². The Balaban J connectivity index is 1.56. The number of anilines is 1. The Labute approximate surface area is 172 Å². The van der Waals surface area contributed by atoms with Gasteiger partial charge in [0.1, 0.15) is 5.82 Å². The van der Waals surface area contributed by atoms with E-state index in [1.165, 1.54) is 23.7 Å². The fraction of sp³-hybridized carbons (Fsp3) is 0.353. The molecule has 2 heterocycles. The van der Waals surface area contributed by atoms with Gasteiger partial charge in [-0.3, -0.25) is 15.6 Å². The van der Waals surface area contributed by atoms with Crippen LogP contribution in [0.1, 0.15) is 12.8 Å². The summed E-state index contributed by atoms with van der Waals surface area (Å²) in [5, 5.41) is -0.258. The predicted molar refractivity (Wildman–Crippen MR) is 103 cm³/mol. The molecule has 1 saturated heterocycles. The minimum absolute atomic E-state index is 0.0800. The Hall–Kier alpha value is -2.50. The van der Waals surface area contributed by atoms with Gasteiger partial charge >= 0.3 is 0 Å². The maximum Gasteiger partial charge on any atom is 0.245 e. The third kappa shape index (κ3) is 4.92. The molecule has 2 N–H and O–H groups in total. The van der Waals surface area contributed by atoms with Gasteiger partial charge in [-0.25, -0.2) is 17.8 Å². The van der Waals surface area contributed by atoms with Crippen LogP contribution in [0, 0.1) is 11.7 Å². The molecule has 0 bridgehead atoms. The highest BCUT2D eigenvalue weighted by atomic mass is 35.5. The Bertz CT molecular complexity index is 999. The quantitative estimate of drug-likeness (QED) is 0.654. The molecule has 1 aromatic carbocycles. The van der Waals surface area contributed by atoms with E-state index in [-0.39, 0.29) is 40.8 Å². The summed E-state index contributed by atoms with van der Waals surface area (Å²) in [4.78, 5) is 20.2. The van der Waals surface area contributed by atoms with Crippen molar-refractivity contribution in [3.8, 4) is 5.88 Å². The molecule has 0 atom stereocenters. The van der Waals surface area contributed by atoms with E-state index in [9.17, 15) is 17.6 Å². The molecule has 156 valence electrons. The third-order valence-electron chi connectivity index (χ3n) is 4.49. The minimum atomic E-state index is -3.81. The van der Waals surface area contributed by atoms with E-state index in [0.29, 0.717) is 18.7 Å². The SMILES string of the molecule is COc1ccnc(NNC(=O)C2CCN(S(=O)(=O)c3ccc(F)c(Cl)c3)CC2)n1. The van der Waals surface area contributed by atoms with Gasteiger partial charge in [0.2, 0.25) is 27.8 Å². The van der Waals surface area contributed by atoms with Crippen LogP contribution in [0.2, 0.25) is 5.02 Å². The summed E-state index contributed by atoms with van der Waals surface area (Å²) in [5.41, 5.74) is 5.13. The molecule has 2 aromatic rings. The van der Waals surface area contributed by atoms with Gasteiger partial charge in [-0.15, -0.1) is 0 Å². The average molecular weight is 444 g/mol. The van der Waals surface area contributed by atoms with Crippen LogP contribution in [0.3, 0.4) is 0 Å². The standard InChI is InChI=1S/C17H19ClFN5O4S/c1-28-15-4-7-20-17(21-15)23-22-16(25)11-5-8-24(9-6-11)29(26,27)12-2-3-14(19)13(18)10-12/h2-4,7,10-11H,5-6,8-9H2,1H3,(H,22,25)(H,20,21,23). The molecule has 12 heteroatoms. The first-order chi connectivity index (χ1) is 13.8. The van der Waals surface area contributed by atoms with Crippen molar-refractivity contribution in [1.29, 1.82) is 0 Å². The highest BCUT2D eigenvalue weighted by Crippen LogP contribution is 2.26. The first-order valence-corrected chi connectivity index (χ1v) is 10.5. The van der Waals surface area contributed by atoms with Crippen molar-refractivity contribution in [2.75, 3.05) is 25.6 Å². The highest BCUT2D eigenvalue weighted by Gasteiger charge is 2.32. The van der Waals surface area contributed by atoms with Crippen molar-refractivity contribution in [1.82, 2.24) is 19.7 Å². The second-order valence-electron chi connectivity index (χ2n) is 6.29. The van der Waals surface area contributed by atoms with Gasteiger partial charge in [-0.1, -0.05) is 11.6 Å². The number of piperidine rings is 1. The molecule has 1 amide bonds. The largest absolute Gasteiger partial charge is 0.481 e. The van der Waals surface area contributed by atoms with Crippen LogP contribution in [0.4, 0.5) is 10.3 Å². The number of methoxy groups -OCH3 is 1. The highest BCUT2D eigenvalue weighted by molar-refractivity contribution is 7.89. The van der Waals surface area contributed by atoms with Crippen LogP contribution in [0.15, 0.2) is 35.4 Å². The molecule has 0 saturated carbocycles. The second-order valence-corrected chi connectivity index (χ2v) is 8.64. The Morgan fingerprint density at radius 2 is 2.03 bits per heavy atom. The first-order valence-electron chi connectivity index (χ1n) is 8.69. The number of halogens is 2. The number of hydrazine groups is 1. The lowest BCUT2D eigenvalue weighted by molar-refractivity contribution is -0.125. The summed E-state index contributed by atoms with van der Waals surface area (Å²) in [7, 11) is -2.35. The van der Waals surface area contributed by atoms with E-state index in [0.717, 1.165) is 12.1 Å². The van der Waals surface area contributed by atoms with E-state index in [2.05, 4.69) is 20.8 Å². The zero-order chi connectivity index (χ0) is 21.0. The van der Waals surface area contributed by atoms with Gasteiger partial charge in [-0.2, -0.15) is 9.29 Å². The number of nitrogens with one attached hydrogen (secondary N) is 2. The van der Waals surface area contributed by atoms with Gasteiger partial charge < -0.3 is 4.74 Å². The summed E-state index contributed by atoms with van der Waals surface area (Å²) in [6, 6.07) is 4.84. The molecule has 0 unspecified atom stereocenters. The van der Waals surface area contributed by atoms with Crippen LogP contribution < -0.4 is 15.6 Å². The molecule has 0 radical (unpaired) electrons. The van der Waals surface area contributed by atoms with Crippen molar-refractivity contribution in [3.05, 3.63) is 41.3 Å². The Morgan fingerprint density at radius 3 is 2.69 bits per heavy atom. The van der Waals surface area contributed by atoms with Crippen molar-refractivity contribution in [2.24, 2.45) is 5.92 Å². The molecule has 1 aliphatic heterocycles. The molecular weight excluding hydrogens is 425 g/mol. The van der Waals surface area contributed by atoms with Crippen LogP contribution in [0.5, 0.6) is 5.88 Å². The summed E-state index contributed by atoms with van der Waals surface area (Å²) in [5.74, 6) is -0.842. The lowest BCUT2D eigenvalue weighted by atomic mass is 9.98. The maximum atomic E-state index is 13.3. The van der Waals surface area contributed by atoms with E-state index < -0.39 is 15.8 Å². The number of aromatic nitrogens is 2. The molecule has 9 nitrogen and oxygen atoms in total. The van der Waals surface area contributed by atoms with Crippen molar-refractivity contribution >= 4 is 33.5 Å². The number of carbonyl (C=O) groups excluding carboxylic acids is 1. The minimum Gasteiger partial charge on any atom is -0.481 e. The molecule has 1 aromatic heterocycles. The Morgan fingerprint density at radius 1 is 1.31 bits per heavy atom. The smallest absolute Gasteiger partial charge is 0.245 e. The van der Waals surface area contributed by atoms with Crippen LogP contribution in [-0.4, -0.2) is 48.8 Å². The fourth-order valence-corrected chi connectivity index (χ4v) is 4.62. The van der Waals surface area contributed by atoms with E-state index in [4.69, 9.17) is 16.3 Å². The number of hydrogen-bond donors (Lipinski definition) is 2. The third-order valence-corrected chi connectivity index (χ3v) is 6.67. The monoisotopic (exact) mass is 443 g/mol. The Kier molecular flexibility index (Phi) is 6.50. The molecule has 1 aliphatic rings. The summed E-state index contributed by atoms with van der Waals surface area (Å²) in [6.07, 6.45) is 2.15. The van der Waals surface area contributed by atoms with Gasteiger partial charge in [0.15, 0.2) is 0 Å². The summed E-state index contributed by atoms with van der Waals surface area (Å²) in [6.45, 7) is 0.316. The summed E-state index contributed by atoms with van der Waals surface area (Å²) < 4.78 is 44.9. The number of nitrogens with zero attached hydrogens (tertiary/aromatic N) is 3. The lowest BCUT2D eigenvalue weighted by Crippen LogP contribution is -2.44. The maximum absolute atomic E-state index is 13.3. The number of amides is 1. The zero-order valence-electron chi connectivity index (χ0n) is 15.4. The second kappa shape index (κ2) is 8.89. The van der Waals surface area contributed by atoms with Crippen molar-refractivity contribution in [2.45, 2.75) is 17.7 Å².